The van der Waals surface area contributed by atoms with Crippen LogP contribution in [0.25, 0.3) is 0 Å². The Bertz CT molecular complexity index is 848. The summed E-state index contributed by atoms with van der Waals surface area (Å²) in [5.41, 5.74) is 1.01. The Morgan fingerprint density at radius 2 is 2.28 bits per heavy atom. The highest BCUT2D eigenvalue weighted by Crippen LogP contribution is 2.32. The first kappa shape index (κ1) is 15.7. The van der Waals surface area contributed by atoms with Crippen LogP contribution in [-0.2, 0) is 29.0 Å². The molecule has 1 atom stereocenters. The highest BCUT2D eigenvalue weighted by molar-refractivity contribution is 6.01. The lowest BCUT2D eigenvalue weighted by Gasteiger charge is -2.24. The molecule has 8 heteroatoms. The summed E-state index contributed by atoms with van der Waals surface area (Å²) in [4.78, 5) is 24.3. The number of aromatic nitrogens is 3. The largest absolute Gasteiger partial charge is 0.355 e. The second-order valence-corrected chi connectivity index (χ2v) is 6.37. The molecule has 1 aromatic heterocycles. The number of benzene rings is 1. The fourth-order valence-corrected chi connectivity index (χ4v) is 3.49. The van der Waals surface area contributed by atoms with Gasteiger partial charge in [0.05, 0.1) is 5.92 Å². The fraction of sp³-hybridized carbons (Fsp3) is 0.412. The minimum Gasteiger partial charge on any atom is -0.355 e. The molecular weight excluding hydrogens is 325 g/mol. The van der Waals surface area contributed by atoms with E-state index in [0.717, 1.165) is 31.0 Å². The molecule has 2 N–H and O–H groups in total. The smallest absolute Gasteiger partial charge is 0.228 e. The van der Waals surface area contributed by atoms with E-state index in [-0.39, 0.29) is 18.2 Å². The lowest BCUT2D eigenvalue weighted by atomic mass is 9.89. The van der Waals surface area contributed by atoms with E-state index in [1.54, 1.807) is 6.07 Å². The number of amides is 2. The monoisotopic (exact) mass is 343 g/mol. The third-order valence-electron chi connectivity index (χ3n) is 4.70. The third-order valence-corrected chi connectivity index (χ3v) is 4.70. The number of rotatable bonds is 4. The molecule has 130 valence electrons. The van der Waals surface area contributed by atoms with E-state index in [1.807, 2.05) is 0 Å². The molecule has 2 amide bonds. The van der Waals surface area contributed by atoms with Crippen molar-refractivity contribution in [3.63, 3.8) is 0 Å². The van der Waals surface area contributed by atoms with Crippen LogP contribution in [0.15, 0.2) is 18.2 Å². The molecule has 0 aliphatic carbocycles. The van der Waals surface area contributed by atoms with Gasteiger partial charge in [0, 0.05) is 38.0 Å². The summed E-state index contributed by atoms with van der Waals surface area (Å²) >= 11 is 0. The van der Waals surface area contributed by atoms with Gasteiger partial charge in [-0.1, -0.05) is 6.07 Å². The Morgan fingerprint density at radius 1 is 1.40 bits per heavy atom. The Kier molecular flexibility index (Phi) is 3.95. The number of nitrogens with one attached hydrogen (secondary N) is 2. The number of halogens is 1. The van der Waals surface area contributed by atoms with E-state index in [4.69, 9.17) is 0 Å². The molecule has 4 rings (SSSR count). The number of carbonyl (C=O) groups is 2. The Hall–Kier alpha value is -2.77. The topological polar surface area (TPSA) is 88.9 Å². The van der Waals surface area contributed by atoms with Gasteiger partial charge in [0.2, 0.25) is 11.8 Å². The Balaban J connectivity index is 1.42. The molecule has 0 radical (unpaired) electrons. The summed E-state index contributed by atoms with van der Waals surface area (Å²) < 4.78 is 15.4. The standard InChI is InChI=1S/C17H18FN5O2/c18-10-3-4-11-12(9-16(24)20-13(11)8-10)17(25)19-6-5-15-22-21-14-2-1-7-23(14)15/h3-4,8,12H,1-2,5-7,9H2,(H,19,25)(H,20,24). The maximum Gasteiger partial charge on any atom is 0.228 e. The van der Waals surface area contributed by atoms with Gasteiger partial charge in [-0.2, -0.15) is 0 Å². The van der Waals surface area contributed by atoms with Gasteiger partial charge in [0.25, 0.3) is 0 Å². The van der Waals surface area contributed by atoms with Crippen molar-refractivity contribution in [3.8, 4) is 0 Å². The number of anilines is 1. The van der Waals surface area contributed by atoms with Crippen molar-refractivity contribution in [1.29, 1.82) is 0 Å². The molecule has 0 fully saturated rings. The highest BCUT2D eigenvalue weighted by Gasteiger charge is 2.30. The normalized spacial score (nSPS) is 18.4. The zero-order valence-corrected chi connectivity index (χ0v) is 13.6. The maximum atomic E-state index is 13.4. The van der Waals surface area contributed by atoms with Gasteiger partial charge in [0.1, 0.15) is 17.5 Å². The average Bonchev–Trinajstić information content (AvgIpc) is 3.18. The molecule has 0 saturated carbocycles. The molecular formula is C17H18FN5O2. The van der Waals surface area contributed by atoms with Crippen molar-refractivity contribution in [3.05, 3.63) is 41.2 Å². The molecule has 1 aromatic carbocycles. The van der Waals surface area contributed by atoms with E-state index < -0.39 is 11.7 Å². The van der Waals surface area contributed by atoms with Gasteiger partial charge >= 0.3 is 0 Å². The number of hydrogen-bond acceptors (Lipinski definition) is 4. The number of hydrogen-bond donors (Lipinski definition) is 2. The van der Waals surface area contributed by atoms with Crippen LogP contribution < -0.4 is 10.6 Å². The molecule has 0 bridgehead atoms. The summed E-state index contributed by atoms with van der Waals surface area (Å²) in [6.45, 7) is 1.35. The first-order chi connectivity index (χ1) is 12.1. The molecule has 3 heterocycles. The summed E-state index contributed by atoms with van der Waals surface area (Å²) in [6, 6.07) is 4.10. The van der Waals surface area contributed by atoms with Crippen molar-refractivity contribution in [2.75, 3.05) is 11.9 Å². The van der Waals surface area contributed by atoms with Gasteiger partial charge in [0.15, 0.2) is 0 Å². The van der Waals surface area contributed by atoms with E-state index in [1.165, 1.54) is 12.1 Å². The predicted octanol–water partition coefficient (Wildman–Crippen LogP) is 1.15. The lowest BCUT2D eigenvalue weighted by molar-refractivity contribution is -0.126. The van der Waals surface area contributed by atoms with Crippen LogP contribution in [0, 0.1) is 5.82 Å². The predicted molar refractivity (Wildman–Crippen MR) is 87.4 cm³/mol. The minimum atomic E-state index is -0.603. The van der Waals surface area contributed by atoms with Crippen LogP contribution >= 0.6 is 0 Å². The van der Waals surface area contributed by atoms with Gasteiger partial charge in [-0.3, -0.25) is 9.59 Å². The SMILES string of the molecule is O=C1CC(C(=O)NCCc2nnc3n2CCC3)c2ccc(F)cc2N1. The average molecular weight is 343 g/mol. The quantitative estimate of drug-likeness (QED) is 0.871. The molecule has 7 nitrogen and oxygen atoms in total. The third kappa shape index (κ3) is 2.99. The van der Waals surface area contributed by atoms with Crippen molar-refractivity contribution in [1.82, 2.24) is 20.1 Å². The van der Waals surface area contributed by atoms with Crippen LogP contribution in [-0.4, -0.2) is 33.1 Å². The van der Waals surface area contributed by atoms with Gasteiger partial charge in [-0.05, 0) is 24.1 Å². The van der Waals surface area contributed by atoms with Gasteiger partial charge < -0.3 is 15.2 Å². The lowest BCUT2D eigenvalue weighted by Crippen LogP contribution is -2.36. The number of carbonyl (C=O) groups excluding carboxylic acids is 2. The van der Waals surface area contributed by atoms with Gasteiger partial charge in [-0.25, -0.2) is 4.39 Å². The molecule has 0 spiro atoms. The van der Waals surface area contributed by atoms with Crippen molar-refractivity contribution in [2.45, 2.75) is 38.1 Å². The molecule has 25 heavy (non-hydrogen) atoms. The molecule has 2 aliphatic rings. The zero-order chi connectivity index (χ0) is 17.4. The molecule has 0 saturated heterocycles. The molecule has 2 aromatic rings. The van der Waals surface area contributed by atoms with Gasteiger partial charge in [-0.15, -0.1) is 10.2 Å². The summed E-state index contributed by atoms with van der Waals surface area (Å²) in [5, 5.41) is 13.8. The highest BCUT2D eigenvalue weighted by atomic mass is 19.1. The zero-order valence-electron chi connectivity index (χ0n) is 13.6. The van der Waals surface area contributed by atoms with Crippen LogP contribution in [0.2, 0.25) is 0 Å². The van der Waals surface area contributed by atoms with Crippen molar-refractivity contribution in [2.24, 2.45) is 0 Å². The van der Waals surface area contributed by atoms with Crippen LogP contribution in [0.5, 0.6) is 0 Å². The van der Waals surface area contributed by atoms with Crippen LogP contribution in [0.3, 0.4) is 0 Å². The number of fused-ring (bicyclic) bond motifs is 2. The van der Waals surface area contributed by atoms with Crippen LogP contribution in [0.4, 0.5) is 10.1 Å². The van der Waals surface area contributed by atoms with Crippen molar-refractivity contribution < 1.29 is 14.0 Å². The second-order valence-electron chi connectivity index (χ2n) is 6.37. The fourth-order valence-electron chi connectivity index (χ4n) is 3.49. The first-order valence-corrected chi connectivity index (χ1v) is 8.40. The number of nitrogens with zero attached hydrogens (tertiary/aromatic N) is 3. The summed E-state index contributed by atoms with van der Waals surface area (Å²) in [5.74, 6) is 0.310. The van der Waals surface area contributed by atoms with E-state index >= 15 is 0 Å². The molecule has 2 aliphatic heterocycles. The van der Waals surface area contributed by atoms with Crippen molar-refractivity contribution >= 4 is 17.5 Å². The summed E-state index contributed by atoms with van der Waals surface area (Å²) in [7, 11) is 0. The Morgan fingerprint density at radius 3 is 3.16 bits per heavy atom. The minimum absolute atomic E-state index is 0.0603. The second kappa shape index (κ2) is 6.27. The van der Waals surface area contributed by atoms with E-state index in [0.29, 0.717) is 24.2 Å². The van der Waals surface area contributed by atoms with Crippen LogP contribution in [0.1, 0.15) is 36.0 Å². The summed E-state index contributed by atoms with van der Waals surface area (Å²) in [6.07, 6.45) is 2.68. The maximum absolute atomic E-state index is 13.4. The Labute approximate surface area is 143 Å². The molecule has 1 unspecified atom stereocenters. The number of aryl methyl sites for hydroxylation is 1. The van der Waals surface area contributed by atoms with E-state index in [9.17, 15) is 14.0 Å². The first-order valence-electron chi connectivity index (χ1n) is 8.40. The van der Waals surface area contributed by atoms with E-state index in [2.05, 4.69) is 25.4 Å².